The van der Waals surface area contributed by atoms with Crippen LogP contribution in [0.1, 0.15) is 29.8 Å². The second-order valence-electron chi connectivity index (χ2n) is 6.81. The molecule has 138 valence electrons. The van der Waals surface area contributed by atoms with Crippen LogP contribution in [0.5, 0.6) is 0 Å². The Morgan fingerprint density at radius 1 is 1.22 bits per heavy atom. The van der Waals surface area contributed by atoms with Crippen LogP contribution in [0.3, 0.4) is 0 Å². The summed E-state index contributed by atoms with van der Waals surface area (Å²) in [5.41, 5.74) is 0.476. The molecule has 0 saturated carbocycles. The topological polar surface area (TPSA) is 51.4 Å². The first-order chi connectivity index (χ1) is 12.8. The van der Waals surface area contributed by atoms with E-state index in [4.69, 9.17) is 0 Å². The molecule has 0 amide bonds. The Bertz CT molecular complexity index is 1130. The zero-order valence-electron chi connectivity index (χ0n) is 15.2. The third-order valence-corrected chi connectivity index (χ3v) is 5.25. The summed E-state index contributed by atoms with van der Waals surface area (Å²) < 4.78 is 16.8. The molecule has 0 unspecified atom stereocenters. The van der Waals surface area contributed by atoms with Crippen LogP contribution in [0.2, 0.25) is 0 Å². The van der Waals surface area contributed by atoms with Crippen molar-refractivity contribution >= 4 is 39.2 Å². The minimum atomic E-state index is -0.595. The summed E-state index contributed by atoms with van der Waals surface area (Å²) in [5, 5.41) is 0.494. The lowest BCUT2D eigenvalue weighted by Gasteiger charge is -2.21. The number of carbonyl (C=O) groups excluding carboxylic acids is 1. The van der Waals surface area contributed by atoms with E-state index in [-0.39, 0.29) is 5.39 Å². The lowest BCUT2D eigenvalue weighted by molar-refractivity contribution is 0.112. The number of nitrogens with zero attached hydrogens (tertiary/aromatic N) is 2. The van der Waals surface area contributed by atoms with Gasteiger partial charge in [0.05, 0.1) is 16.6 Å². The van der Waals surface area contributed by atoms with E-state index in [9.17, 15) is 14.0 Å². The molecular weight excluding hydrogens is 411 g/mol. The predicted octanol–water partition coefficient (Wildman–Crippen LogP) is 4.68. The second-order valence-corrected chi connectivity index (χ2v) is 7.67. The summed E-state index contributed by atoms with van der Waals surface area (Å²) >= 11 is 3.31. The van der Waals surface area contributed by atoms with Crippen LogP contribution in [-0.2, 0) is 5.41 Å². The Morgan fingerprint density at radius 2 is 1.96 bits per heavy atom. The van der Waals surface area contributed by atoms with Crippen LogP contribution >= 0.6 is 15.9 Å². The molecule has 0 atom stereocenters. The summed E-state index contributed by atoms with van der Waals surface area (Å²) in [7, 11) is 1.67. The third-order valence-electron chi connectivity index (χ3n) is 4.56. The number of carbonyl (C=O) groups is 1. The highest BCUT2D eigenvalue weighted by molar-refractivity contribution is 9.10. The van der Waals surface area contributed by atoms with Crippen molar-refractivity contribution in [2.45, 2.75) is 19.3 Å². The van der Waals surface area contributed by atoms with E-state index < -0.39 is 16.8 Å². The standard InChI is InChI=1S/C21H18BrFN2O2/c1-21(2,12-24-3)14-9-13-7-8-25(20(27)19(13)17(23)10-14)18-6-4-5-16(22)15(18)11-26/h4-12H,1-3H3. The molecule has 0 fully saturated rings. The SMILES string of the molecule is CN=CC(C)(C)c1cc(F)c2c(=O)n(-c3cccc(Br)c3C=O)ccc2c1. The zero-order valence-corrected chi connectivity index (χ0v) is 16.7. The van der Waals surface area contributed by atoms with E-state index in [1.54, 1.807) is 49.8 Å². The second kappa shape index (κ2) is 7.19. The zero-order chi connectivity index (χ0) is 19.8. The highest BCUT2D eigenvalue weighted by atomic mass is 79.9. The van der Waals surface area contributed by atoms with E-state index >= 15 is 0 Å². The Hall–Kier alpha value is -2.60. The fourth-order valence-corrected chi connectivity index (χ4v) is 3.59. The van der Waals surface area contributed by atoms with Gasteiger partial charge in [-0.15, -0.1) is 0 Å². The maximum Gasteiger partial charge on any atom is 0.265 e. The number of hydrogen-bond acceptors (Lipinski definition) is 3. The summed E-state index contributed by atoms with van der Waals surface area (Å²) in [6.45, 7) is 3.86. The van der Waals surface area contributed by atoms with Crippen LogP contribution in [0, 0.1) is 5.82 Å². The Labute approximate surface area is 164 Å². The Kier molecular flexibility index (Phi) is 5.11. The number of halogens is 2. The molecule has 0 aliphatic rings. The summed E-state index contributed by atoms with van der Waals surface area (Å²) in [6.07, 6.45) is 3.97. The van der Waals surface area contributed by atoms with E-state index in [2.05, 4.69) is 20.9 Å². The fourth-order valence-electron chi connectivity index (χ4n) is 3.14. The molecule has 3 rings (SSSR count). The lowest BCUT2D eigenvalue weighted by atomic mass is 9.85. The van der Waals surface area contributed by atoms with Gasteiger partial charge in [-0.25, -0.2) is 4.39 Å². The molecule has 0 bridgehead atoms. The van der Waals surface area contributed by atoms with Crippen LogP contribution in [0.15, 0.2) is 56.9 Å². The molecule has 2 aromatic carbocycles. The fraction of sp³-hybridized carbons (Fsp3) is 0.190. The molecule has 1 heterocycles. The Balaban J connectivity index is 2.29. The van der Waals surface area contributed by atoms with Gasteiger partial charge in [-0.3, -0.25) is 19.1 Å². The molecule has 0 spiro atoms. The number of aldehydes is 1. The van der Waals surface area contributed by atoms with Gasteiger partial charge in [-0.2, -0.15) is 0 Å². The van der Waals surface area contributed by atoms with Gasteiger partial charge < -0.3 is 0 Å². The minimum absolute atomic E-state index is 0.0117. The largest absolute Gasteiger partial charge is 0.300 e. The van der Waals surface area contributed by atoms with Crippen LogP contribution in [0.25, 0.3) is 16.5 Å². The summed E-state index contributed by atoms with van der Waals surface area (Å²) in [5.74, 6) is -0.595. The van der Waals surface area contributed by atoms with Crippen molar-refractivity contribution in [3.63, 3.8) is 0 Å². The number of aliphatic imine (C=N–C) groups is 1. The monoisotopic (exact) mass is 428 g/mol. The first-order valence-corrected chi connectivity index (χ1v) is 9.12. The molecular formula is C21H18BrFN2O2. The number of pyridine rings is 1. The lowest BCUT2D eigenvalue weighted by Crippen LogP contribution is -2.22. The molecule has 0 N–H and O–H groups in total. The van der Waals surface area contributed by atoms with E-state index in [1.807, 2.05) is 13.8 Å². The van der Waals surface area contributed by atoms with Gasteiger partial charge in [0.25, 0.3) is 5.56 Å². The molecule has 27 heavy (non-hydrogen) atoms. The molecule has 1 aromatic heterocycles. The van der Waals surface area contributed by atoms with Gasteiger partial charge in [0.1, 0.15) is 5.82 Å². The molecule has 3 aromatic rings. The van der Waals surface area contributed by atoms with E-state index in [0.29, 0.717) is 27.4 Å². The van der Waals surface area contributed by atoms with Crippen LogP contribution < -0.4 is 5.56 Å². The molecule has 0 saturated heterocycles. The number of aromatic nitrogens is 1. The molecule has 4 nitrogen and oxygen atoms in total. The van der Waals surface area contributed by atoms with Gasteiger partial charge >= 0.3 is 0 Å². The summed E-state index contributed by atoms with van der Waals surface area (Å²) in [4.78, 5) is 28.5. The minimum Gasteiger partial charge on any atom is -0.300 e. The van der Waals surface area contributed by atoms with Crippen LogP contribution in [-0.4, -0.2) is 24.1 Å². The molecule has 0 aliphatic carbocycles. The number of hydrogen-bond donors (Lipinski definition) is 0. The van der Waals surface area contributed by atoms with Crippen molar-refractivity contribution in [1.29, 1.82) is 0 Å². The van der Waals surface area contributed by atoms with Crippen molar-refractivity contribution in [1.82, 2.24) is 4.57 Å². The number of benzene rings is 2. The van der Waals surface area contributed by atoms with Gasteiger partial charge in [-0.1, -0.05) is 19.9 Å². The predicted molar refractivity (Wildman–Crippen MR) is 110 cm³/mol. The van der Waals surface area contributed by atoms with Crippen molar-refractivity contribution < 1.29 is 9.18 Å². The summed E-state index contributed by atoms with van der Waals surface area (Å²) in [6, 6.07) is 9.93. The van der Waals surface area contributed by atoms with E-state index in [1.165, 1.54) is 10.6 Å². The highest BCUT2D eigenvalue weighted by Crippen LogP contribution is 2.27. The quantitative estimate of drug-likeness (QED) is 0.447. The molecule has 6 heteroatoms. The number of rotatable bonds is 4. The molecule has 0 radical (unpaired) electrons. The molecule has 0 aliphatic heterocycles. The number of fused-ring (bicyclic) bond motifs is 1. The van der Waals surface area contributed by atoms with Gasteiger partial charge in [0, 0.05) is 29.3 Å². The van der Waals surface area contributed by atoms with Gasteiger partial charge in [0.2, 0.25) is 0 Å². The maximum atomic E-state index is 14.9. The average Bonchev–Trinajstić information content (AvgIpc) is 2.61. The highest BCUT2D eigenvalue weighted by Gasteiger charge is 2.21. The van der Waals surface area contributed by atoms with Crippen molar-refractivity contribution in [2.75, 3.05) is 7.05 Å². The average molecular weight is 429 g/mol. The maximum absolute atomic E-state index is 14.9. The third kappa shape index (κ3) is 3.37. The van der Waals surface area contributed by atoms with Crippen molar-refractivity contribution in [3.8, 4) is 5.69 Å². The first kappa shape index (κ1) is 19.2. The normalized spacial score (nSPS) is 12.0. The smallest absolute Gasteiger partial charge is 0.265 e. The van der Waals surface area contributed by atoms with Crippen LogP contribution in [0.4, 0.5) is 4.39 Å². The van der Waals surface area contributed by atoms with E-state index in [0.717, 1.165) is 5.56 Å². The van der Waals surface area contributed by atoms with Gasteiger partial charge in [-0.05, 0) is 57.2 Å². The first-order valence-electron chi connectivity index (χ1n) is 8.33. The van der Waals surface area contributed by atoms with Crippen molar-refractivity contribution in [2.24, 2.45) is 4.99 Å². The van der Waals surface area contributed by atoms with Gasteiger partial charge in [0.15, 0.2) is 6.29 Å². The Morgan fingerprint density at radius 3 is 2.63 bits per heavy atom. The van der Waals surface area contributed by atoms with Crippen molar-refractivity contribution in [3.05, 3.63) is 74.4 Å².